The van der Waals surface area contributed by atoms with E-state index in [1.54, 1.807) is 3.80 Å². The first-order valence-corrected chi connectivity index (χ1v) is 10.9. The molecule has 0 aromatic heterocycles. The fraction of sp³-hybridized carbons (Fsp3) is 0.263. The maximum atomic E-state index is 2.33. The molecule has 0 spiro atoms. The zero-order valence-electron chi connectivity index (χ0n) is 12.7. The van der Waals surface area contributed by atoms with Gasteiger partial charge in [0.05, 0.1) is 0 Å². The minimum absolute atomic E-state index is 0.513. The van der Waals surface area contributed by atoms with Crippen molar-refractivity contribution in [3.8, 4) is 0 Å². The summed E-state index contributed by atoms with van der Waals surface area (Å²) in [6.07, 6.45) is 2.56. The van der Waals surface area contributed by atoms with Crippen LogP contribution in [-0.2, 0) is 0 Å². The number of unbranched alkanes of at least 4 members (excludes halogenated alkanes) is 1. The first kappa shape index (κ1) is 16.4. The van der Waals surface area contributed by atoms with E-state index in [1.165, 1.54) is 35.3 Å². The molecule has 0 fully saturated rings. The van der Waals surface area contributed by atoms with Crippen molar-refractivity contribution in [1.29, 1.82) is 0 Å². The third kappa shape index (κ3) is 4.78. The summed E-state index contributed by atoms with van der Waals surface area (Å²) in [5.41, 5.74) is 4.11. The Kier molecular flexibility index (Phi) is 7.15. The predicted molar refractivity (Wildman–Crippen MR) is 97.9 cm³/mol. The molecule has 0 nitrogen and oxygen atoms in total. The molecular weight excluding hydrogens is 339 g/mol. The molecule has 0 N–H and O–H groups in total. The summed E-state index contributed by atoms with van der Waals surface area (Å²) < 4.78 is 1.56. The normalized spacial score (nSPS) is 10.4. The minimum atomic E-state index is 0.513. The molecule has 0 aliphatic heterocycles. The molecule has 0 unspecified atom stereocenters. The number of thioether (sulfide) groups is 1. The standard InChI is InChI=1S/C19H22SSe/c1-3-4-15-20-19(21-2)18(16-11-7-5-8-12-16)17-13-9-6-10-14-17/h5-14H,3-4,15H2,1-2H3. The van der Waals surface area contributed by atoms with E-state index in [9.17, 15) is 0 Å². The average Bonchev–Trinajstić information content (AvgIpc) is 2.56. The molecule has 0 heterocycles. The van der Waals surface area contributed by atoms with Gasteiger partial charge in [-0.15, -0.1) is 0 Å². The molecule has 0 aliphatic rings. The summed E-state index contributed by atoms with van der Waals surface area (Å²) in [6, 6.07) is 21.6. The Bertz CT molecular complexity index is 519. The molecule has 0 amide bonds. The molecule has 2 aromatic carbocycles. The van der Waals surface area contributed by atoms with Gasteiger partial charge in [0, 0.05) is 0 Å². The number of rotatable bonds is 7. The van der Waals surface area contributed by atoms with Gasteiger partial charge in [0.15, 0.2) is 0 Å². The van der Waals surface area contributed by atoms with Gasteiger partial charge in [0.1, 0.15) is 0 Å². The van der Waals surface area contributed by atoms with Crippen LogP contribution < -0.4 is 0 Å². The van der Waals surface area contributed by atoms with Crippen molar-refractivity contribution in [2.75, 3.05) is 5.75 Å². The van der Waals surface area contributed by atoms with E-state index in [1.807, 2.05) is 0 Å². The van der Waals surface area contributed by atoms with Crippen molar-refractivity contribution < 1.29 is 0 Å². The van der Waals surface area contributed by atoms with E-state index < -0.39 is 0 Å². The van der Waals surface area contributed by atoms with Crippen LogP contribution in [0.1, 0.15) is 30.9 Å². The zero-order chi connectivity index (χ0) is 14.9. The topological polar surface area (TPSA) is 0 Å². The third-order valence-corrected chi connectivity index (χ3v) is 7.02. The second-order valence-corrected chi connectivity index (χ2v) is 8.20. The Morgan fingerprint density at radius 3 is 1.86 bits per heavy atom. The van der Waals surface area contributed by atoms with E-state index in [-0.39, 0.29) is 0 Å². The van der Waals surface area contributed by atoms with Crippen LogP contribution in [0.25, 0.3) is 5.57 Å². The Morgan fingerprint density at radius 1 is 0.905 bits per heavy atom. The zero-order valence-corrected chi connectivity index (χ0v) is 15.2. The SMILES string of the molecule is CCCCSC([Se]C)=C(c1ccccc1)c1ccccc1. The van der Waals surface area contributed by atoms with Crippen LogP contribution in [0.5, 0.6) is 0 Å². The summed E-state index contributed by atoms with van der Waals surface area (Å²) in [7, 11) is 0. The second kappa shape index (κ2) is 9.15. The molecule has 2 aromatic rings. The van der Waals surface area contributed by atoms with Gasteiger partial charge in [0.2, 0.25) is 0 Å². The molecule has 2 heteroatoms. The van der Waals surface area contributed by atoms with E-state index in [0.29, 0.717) is 15.0 Å². The van der Waals surface area contributed by atoms with Crippen LogP contribution >= 0.6 is 11.8 Å². The molecule has 0 saturated heterocycles. The summed E-state index contributed by atoms with van der Waals surface area (Å²) in [5.74, 6) is 3.55. The molecule has 0 radical (unpaired) electrons. The van der Waals surface area contributed by atoms with Crippen LogP contribution in [0.2, 0.25) is 5.82 Å². The van der Waals surface area contributed by atoms with E-state index in [4.69, 9.17) is 0 Å². The number of hydrogen-bond acceptors (Lipinski definition) is 1. The van der Waals surface area contributed by atoms with E-state index >= 15 is 0 Å². The van der Waals surface area contributed by atoms with Crippen molar-refractivity contribution in [2.24, 2.45) is 0 Å². The van der Waals surface area contributed by atoms with Crippen molar-refractivity contribution in [2.45, 2.75) is 25.6 Å². The molecule has 0 atom stereocenters. The van der Waals surface area contributed by atoms with Crippen LogP contribution in [0.3, 0.4) is 0 Å². The Hall–Kier alpha value is -0.951. The molecule has 0 saturated carbocycles. The third-order valence-electron chi connectivity index (χ3n) is 3.25. The van der Waals surface area contributed by atoms with Gasteiger partial charge in [-0.25, -0.2) is 0 Å². The summed E-state index contributed by atoms with van der Waals surface area (Å²) in [5, 5.41) is 0. The predicted octanol–water partition coefficient (Wildman–Crippen LogP) is 5.69. The van der Waals surface area contributed by atoms with Gasteiger partial charge in [-0.1, -0.05) is 0 Å². The van der Waals surface area contributed by atoms with Crippen LogP contribution in [-0.4, -0.2) is 20.7 Å². The number of hydrogen-bond donors (Lipinski definition) is 0. The van der Waals surface area contributed by atoms with E-state index in [2.05, 4.69) is 85.2 Å². The van der Waals surface area contributed by atoms with Crippen LogP contribution in [0.4, 0.5) is 0 Å². The van der Waals surface area contributed by atoms with Gasteiger partial charge >= 0.3 is 139 Å². The Labute approximate surface area is 139 Å². The fourth-order valence-corrected chi connectivity index (χ4v) is 5.46. The molecule has 21 heavy (non-hydrogen) atoms. The Balaban J connectivity index is 2.44. The van der Waals surface area contributed by atoms with Crippen molar-refractivity contribution in [3.63, 3.8) is 0 Å². The average molecular weight is 361 g/mol. The summed E-state index contributed by atoms with van der Waals surface area (Å²) in [6.45, 7) is 2.26. The second-order valence-electron chi connectivity index (χ2n) is 4.80. The van der Waals surface area contributed by atoms with Crippen molar-refractivity contribution in [3.05, 3.63) is 75.6 Å². The Morgan fingerprint density at radius 2 is 1.43 bits per heavy atom. The first-order chi connectivity index (χ1) is 10.4. The summed E-state index contributed by atoms with van der Waals surface area (Å²) >= 11 is 2.56. The van der Waals surface area contributed by atoms with Crippen LogP contribution in [0, 0.1) is 0 Å². The molecule has 2 rings (SSSR count). The monoisotopic (exact) mass is 362 g/mol. The molecule has 110 valence electrons. The van der Waals surface area contributed by atoms with Gasteiger partial charge in [-0.05, 0) is 0 Å². The van der Waals surface area contributed by atoms with Crippen molar-refractivity contribution >= 4 is 32.3 Å². The van der Waals surface area contributed by atoms with Gasteiger partial charge in [-0.2, -0.15) is 0 Å². The van der Waals surface area contributed by atoms with Gasteiger partial charge < -0.3 is 0 Å². The van der Waals surface area contributed by atoms with Crippen molar-refractivity contribution in [1.82, 2.24) is 0 Å². The number of benzene rings is 2. The first-order valence-electron chi connectivity index (χ1n) is 7.38. The van der Waals surface area contributed by atoms with Crippen LogP contribution in [0.15, 0.2) is 64.5 Å². The molecular formula is C19H22SSe. The molecule has 0 bridgehead atoms. The summed E-state index contributed by atoms with van der Waals surface area (Å²) in [4.78, 5) is 0. The quantitative estimate of drug-likeness (QED) is 0.451. The fourth-order valence-electron chi connectivity index (χ4n) is 2.15. The maximum absolute atomic E-state index is 2.33. The molecule has 0 aliphatic carbocycles. The van der Waals surface area contributed by atoms with Gasteiger partial charge in [-0.3, -0.25) is 0 Å². The van der Waals surface area contributed by atoms with Gasteiger partial charge in [0.25, 0.3) is 0 Å². The van der Waals surface area contributed by atoms with E-state index in [0.717, 1.165) is 0 Å².